The average molecular weight is 275 g/mol. The van der Waals surface area contributed by atoms with E-state index in [0.29, 0.717) is 22.4 Å². The molecule has 0 fully saturated rings. The zero-order valence-electron chi connectivity index (χ0n) is 10.2. The lowest BCUT2D eigenvalue weighted by Gasteiger charge is -2.10. The molecule has 0 bridgehead atoms. The third kappa shape index (κ3) is 3.55. The summed E-state index contributed by atoms with van der Waals surface area (Å²) in [6.45, 7) is 2.07. The van der Waals surface area contributed by atoms with Crippen molar-refractivity contribution < 1.29 is 9.47 Å². The fourth-order valence-corrected chi connectivity index (χ4v) is 2.05. The summed E-state index contributed by atoms with van der Waals surface area (Å²) in [6, 6.07) is 3.72. The van der Waals surface area contributed by atoms with E-state index >= 15 is 0 Å². The SMILES string of the molecule is CCC(=Cc1cc(Cl)c(OC)c(OC)c1)CCl. The number of rotatable bonds is 5. The summed E-state index contributed by atoms with van der Waals surface area (Å²) in [6.07, 6.45) is 2.93. The quantitative estimate of drug-likeness (QED) is 0.742. The lowest BCUT2D eigenvalue weighted by Crippen LogP contribution is -1.92. The van der Waals surface area contributed by atoms with Gasteiger partial charge in [0.2, 0.25) is 0 Å². The molecule has 0 heterocycles. The van der Waals surface area contributed by atoms with Crippen molar-refractivity contribution in [3.63, 3.8) is 0 Å². The summed E-state index contributed by atoms with van der Waals surface area (Å²) in [5.41, 5.74) is 2.11. The van der Waals surface area contributed by atoms with Crippen molar-refractivity contribution in [2.45, 2.75) is 13.3 Å². The molecule has 0 aliphatic rings. The lowest BCUT2D eigenvalue weighted by molar-refractivity contribution is 0.355. The standard InChI is InChI=1S/C13H16Cl2O2/c1-4-9(8-14)5-10-6-11(15)13(17-3)12(7-10)16-2/h5-7H,4,8H2,1-3H3. The first-order valence-electron chi connectivity index (χ1n) is 5.33. The first-order chi connectivity index (χ1) is 8.15. The van der Waals surface area contributed by atoms with Crippen LogP contribution in [0.5, 0.6) is 11.5 Å². The monoisotopic (exact) mass is 274 g/mol. The largest absolute Gasteiger partial charge is 0.493 e. The predicted molar refractivity (Wildman–Crippen MR) is 73.5 cm³/mol. The fourth-order valence-electron chi connectivity index (χ4n) is 1.49. The molecule has 0 atom stereocenters. The van der Waals surface area contributed by atoms with Crippen LogP contribution in [0, 0.1) is 0 Å². The number of halogens is 2. The molecule has 0 N–H and O–H groups in total. The van der Waals surface area contributed by atoms with Gasteiger partial charge in [-0.15, -0.1) is 11.6 Å². The van der Waals surface area contributed by atoms with Crippen molar-refractivity contribution in [1.29, 1.82) is 0 Å². The predicted octanol–water partition coefficient (Wildman–Crippen LogP) is 4.39. The number of benzene rings is 1. The Labute approximate surface area is 112 Å². The number of hydrogen-bond donors (Lipinski definition) is 0. The van der Waals surface area contributed by atoms with Gasteiger partial charge in [0.05, 0.1) is 19.2 Å². The molecule has 0 aliphatic carbocycles. The van der Waals surface area contributed by atoms with E-state index in [2.05, 4.69) is 6.92 Å². The smallest absolute Gasteiger partial charge is 0.179 e. The summed E-state index contributed by atoms with van der Waals surface area (Å²) in [4.78, 5) is 0. The molecule has 0 radical (unpaired) electrons. The number of hydrogen-bond acceptors (Lipinski definition) is 2. The topological polar surface area (TPSA) is 18.5 Å². The van der Waals surface area contributed by atoms with Crippen LogP contribution in [0.1, 0.15) is 18.9 Å². The van der Waals surface area contributed by atoms with E-state index in [-0.39, 0.29) is 0 Å². The van der Waals surface area contributed by atoms with E-state index < -0.39 is 0 Å². The van der Waals surface area contributed by atoms with Crippen LogP contribution in [0.3, 0.4) is 0 Å². The van der Waals surface area contributed by atoms with Gasteiger partial charge in [-0.05, 0) is 24.1 Å². The Kier molecular flexibility index (Phi) is 5.66. The van der Waals surface area contributed by atoms with Crippen LogP contribution in [-0.4, -0.2) is 20.1 Å². The minimum atomic E-state index is 0.516. The fraction of sp³-hybridized carbons (Fsp3) is 0.385. The Balaban J connectivity index is 3.20. The minimum absolute atomic E-state index is 0.516. The summed E-state index contributed by atoms with van der Waals surface area (Å²) >= 11 is 11.9. The molecular weight excluding hydrogens is 259 g/mol. The van der Waals surface area contributed by atoms with Gasteiger partial charge < -0.3 is 9.47 Å². The first-order valence-corrected chi connectivity index (χ1v) is 6.24. The third-order valence-electron chi connectivity index (χ3n) is 2.45. The van der Waals surface area contributed by atoms with Gasteiger partial charge in [0, 0.05) is 5.88 Å². The van der Waals surface area contributed by atoms with Crippen LogP contribution in [0.25, 0.3) is 6.08 Å². The number of allylic oxidation sites excluding steroid dienone is 1. The third-order valence-corrected chi connectivity index (χ3v) is 3.08. The second-order valence-corrected chi connectivity index (χ2v) is 4.20. The molecule has 1 aromatic rings. The van der Waals surface area contributed by atoms with E-state index in [1.807, 2.05) is 18.2 Å². The Morgan fingerprint density at radius 1 is 1.29 bits per heavy atom. The first kappa shape index (κ1) is 14.2. The van der Waals surface area contributed by atoms with Crippen LogP contribution in [-0.2, 0) is 0 Å². The van der Waals surface area contributed by atoms with Gasteiger partial charge in [0.1, 0.15) is 0 Å². The zero-order chi connectivity index (χ0) is 12.8. The van der Waals surface area contributed by atoms with E-state index in [4.69, 9.17) is 32.7 Å². The highest BCUT2D eigenvalue weighted by Gasteiger charge is 2.10. The summed E-state index contributed by atoms with van der Waals surface area (Å²) in [5.74, 6) is 1.69. The maximum atomic E-state index is 6.12. The molecule has 0 amide bonds. The van der Waals surface area contributed by atoms with Crippen molar-refractivity contribution >= 4 is 29.3 Å². The van der Waals surface area contributed by atoms with E-state index in [0.717, 1.165) is 17.6 Å². The Morgan fingerprint density at radius 3 is 2.47 bits per heavy atom. The van der Waals surface area contributed by atoms with Gasteiger partial charge in [-0.2, -0.15) is 0 Å². The molecule has 94 valence electrons. The van der Waals surface area contributed by atoms with Crippen LogP contribution in [0.15, 0.2) is 17.7 Å². The molecule has 0 saturated heterocycles. The van der Waals surface area contributed by atoms with Crippen LogP contribution in [0.4, 0.5) is 0 Å². The average Bonchev–Trinajstić information content (AvgIpc) is 2.35. The lowest BCUT2D eigenvalue weighted by atomic mass is 10.1. The molecular formula is C13H16Cl2O2. The molecule has 0 aromatic heterocycles. The molecule has 2 nitrogen and oxygen atoms in total. The van der Waals surface area contributed by atoms with Crippen molar-refractivity contribution in [3.05, 3.63) is 28.3 Å². The number of ether oxygens (including phenoxy) is 2. The summed E-state index contributed by atoms with van der Waals surface area (Å²) in [5, 5.41) is 0.531. The molecule has 0 spiro atoms. The van der Waals surface area contributed by atoms with Gasteiger partial charge in [0.25, 0.3) is 0 Å². The van der Waals surface area contributed by atoms with E-state index in [1.54, 1.807) is 14.2 Å². The highest BCUT2D eigenvalue weighted by molar-refractivity contribution is 6.32. The van der Waals surface area contributed by atoms with E-state index in [9.17, 15) is 0 Å². The van der Waals surface area contributed by atoms with Crippen molar-refractivity contribution in [2.24, 2.45) is 0 Å². The highest BCUT2D eigenvalue weighted by Crippen LogP contribution is 2.36. The van der Waals surface area contributed by atoms with E-state index in [1.165, 1.54) is 0 Å². The molecule has 4 heteroatoms. The molecule has 1 aromatic carbocycles. The zero-order valence-corrected chi connectivity index (χ0v) is 11.7. The molecule has 1 rings (SSSR count). The highest BCUT2D eigenvalue weighted by atomic mass is 35.5. The number of alkyl halides is 1. The molecule has 0 unspecified atom stereocenters. The van der Waals surface area contributed by atoms with Gasteiger partial charge in [-0.3, -0.25) is 0 Å². The summed E-state index contributed by atoms with van der Waals surface area (Å²) in [7, 11) is 3.15. The Bertz CT molecular complexity index is 408. The van der Waals surface area contributed by atoms with Gasteiger partial charge in [-0.25, -0.2) is 0 Å². The van der Waals surface area contributed by atoms with Crippen molar-refractivity contribution in [3.8, 4) is 11.5 Å². The van der Waals surface area contributed by atoms with Gasteiger partial charge in [0.15, 0.2) is 11.5 Å². The Morgan fingerprint density at radius 2 is 2.00 bits per heavy atom. The maximum Gasteiger partial charge on any atom is 0.179 e. The van der Waals surface area contributed by atoms with Gasteiger partial charge >= 0.3 is 0 Å². The molecule has 0 aliphatic heterocycles. The maximum absolute atomic E-state index is 6.12. The Hall–Kier alpha value is -0.860. The second-order valence-electron chi connectivity index (χ2n) is 3.53. The van der Waals surface area contributed by atoms with Crippen LogP contribution in [0.2, 0.25) is 5.02 Å². The van der Waals surface area contributed by atoms with Gasteiger partial charge in [-0.1, -0.05) is 30.2 Å². The molecule has 17 heavy (non-hydrogen) atoms. The van der Waals surface area contributed by atoms with Crippen LogP contribution < -0.4 is 9.47 Å². The normalized spacial score (nSPS) is 11.5. The van der Waals surface area contributed by atoms with Crippen LogP contribution >= 0.6 is 23.2 Å². The molecule has 0 saturated carbocycles. The summed E-state index contributed by atoms with van der Waals surface area (Å²) < 4.78 is 10.4. The van der Waals surface area contributed by atoms with Crippen molar-refractivity contribution in [2.75, 3.05) is 20.1 Å². The second kappa shape index (κ2) is 6.77. The minimum Gasteiger partial charge on any atom is -0.493 e. The van der Waals surface area contributed by atoms with Crippen molar-refractivity contribution in [1.82, 2.24) is 0 Å². The number of methoxy groups -OCH3 is 2.